The molecule has 0 radical (unpaired) electrons. The predicted octanol–water partition coefficient (Wildman–Crippen LogP) is 2.88. The molecule has 0 bridgehead atoms. The highest BCUT2D eigenvalue weighted by molar-refractivity contribution is 5.85. The minimum Gasteiger partial charge on any atom is -0.497 e. The molecule has 1 heterocycles. The topological polar surface area (TPSA) is 21.3 Å². The van der Waals surface area contributed by atoms with Crippen LogP contribution in [0.1, 0.15) is 24.4 Å². The maximum absolute atomic E-state index is 13.6. The number of halogens is 2. The molecule has 0 aliphatic carbocycles. The Hall–Kier alpha value is -0.800. The minimum absolute atomic E-state index is 0. The Kier molecular flexibility index (Phi) is 5.03. The van der Waals surface area contributed by atoms with Crippen LogP contribution in [0, 0.1) is 0 Å². The van der Waals surface area contributed by atoms with E-state index in [0.717, 1.165) is 24.3 Å². The molecule has 90 valence electrons. The molecule has 1 aromatic rings. The number of hydrogen-bond donors (Lipinski definition) is 1. The van der Waals surface area contributed by atoms with Crippen molar-refractivity contribution in [3.8, 4) is 5.75 Å². The lowest BCUT2D eigenvalue weighted by Crippen LogP contribution is -2.35. The first-order chi connectivity index (χ1) is 7.31. The lowest BCUT2D eigenvalue weighted by atomic mass is 9.96. The second-order valence-electron chi connectivity index (χ2n) is 3.86. The largest absolute Gasteiger partial charge is 0.497 e. The zero-order chi connectivity index (χ0) is 10.7. The van der Waals surface area contributed by atoms with Gasteiger partial charge < -0.3 is 10.1 Å². The van der Waals surface area contributed by atoms with Gasteiger partial charge in [0.2, 0.25) is 0 Å². The van der Waals surface area contributed by atoms with Crippen molar-refractivity contribution in [3.05, 3.63) is 29.8 Å². The van der Waals surface area contributed by atoms with Gasteiger partial charge in [-0.25, -0.2) is 4.39 Å². The summed E-state index contributed by atoms with van der Waals surface area (Å²) in [5, 5.41) is 3.21. The first kappa shape index (κ1) is 13.3. The van der Waals surface area contributed by atoms with Crippen molar-refractivity contribution < 1.29 is 9.13 Å². The molecule has 2 rings (SSSR count). The molecule has 1 fully saturated rings. The summed E-state index contributed by atoms with van der Waals surface area (Å²) in [6.07, 6.45) is 0.810. The Bertz CT molecular complexity index is 317. The minimum atomic E-state index is -0.771. The maximum Gasteiger partial charge on any atom is 0.120 e. The second kappa shape index (κ2) is 6.06. The van der Waals surface area contributed by atoms with Gasteiger partial charge in [0.05, 0.1) is 13.2 Å². The Labute approximate surface area is 102 Å². The summed E-state index contributed by atoms with van der Waals surface area (Å²) in [7, 11) is 1.63. The summed E-state index contributed by atoms with van der Waals surface area (Å²) in [4.78, 5) is 0. The van der Waals surface area contributed by atoms with E-state index in [-0.39, 0.29) is 18.4 Å². The van der Waals surface area contributed by atoms with Gasteiger partial charge in [-0.05, 0) is 37.1 Å². The highest BCUT2D eigenvalue weighted by atomic mass is 35.5. The van der Waals surface area contributed by atoms with Crippen LogP contribution in [0.3, 0.4) is 0 Å². The average molecular weight is 246 g/mol. The van der Waals surface area contributed by atoms with E-state index in [1.54, 1.807) is 7.11 Å². The van der Waals surface area contributed by atoms with E-state index < -0.39 is 6.17 Å². The Morgan fingerprint density at radius 1 is 1.31 bits per heavy atom. The van der Waals surface area contributed by atoms with Gasteiger partial charge >= 0.3 is 0 Å². The normalized spacial score (nSPS) is 24.6. The molecular weight excluding hydrogens is 229 g/mol. The molecule has 1 N–H and O–H groups in total. The number of piperidine rings is 1. The van der Waals surface area contributed by atoms with Crippen molar-refractivity contribution in [2.24, 2.45) is 0 Å². The molecule has 1 aromatic carbocycles. The van der Waals surface area contributed by atoms with Crippen LogP contribution in [0.25, 0.3) is 0 Å². The summed E-state index contributed by atoms with van der Waals surface area (Å²) in [6, 6.07) is 7.45. The van der Waals surface area contributed by atoms with Gasteiger partial charge in [-0.3, -0.25) is 0 Å². The zero-order valence-corrected chi connectivity index (χ0v) is 10.1. The van der Waals surface area contributed by atoms with Gasteiger partial charge in [0.1, 0.15) is 11.9 Å². The van der Waals surface area contributed by atoms with Crippen LogP contribution >= 0.6 is 12.4 Å². The van der Waals surface area contributed by atoms with Gasteiger partial charge in [-0.1, -0.05) is 12.1 Å². The van der Waals surface area contributed by atoms with E-state index >= 15 is 0 Å². The van der Waals surface area contributed by atoms with Gasteiger partial charge in [0.15, 0.2) is 0 Å². The quantitative estimate of drug-likeness (QED) is 0.865. The van der Waals surface area contributed by atoms with Crippen LogP contribution in [-0.2, 0) is 0 Å². The van der Waals surface area contributed by atoms with Gasteiger partial charge in [-0.2, -0.15) is 0 Å². The lowest BCUT2D eigenvalue weighted by molar-refractivity contribution is 0.201. The van der Waals surface area contributed by atoms with E-state index in [1.807, 2.05) is 24.3 Å². The van der Waals surface area contributed by atoms with Gasteiger partial charge in [-0.15, -0.1) is 12.4 Å². The fourth-order valence-corrected chi connectivity index (χ4v) is 1.99. The summed E-state index contributed by atoms with van der Waals surface area (Å²) in [6.45, 7) is 0.900. The number of ether oxygens (including phenoxy) is 1. The number of nitrogens with one attached hydrogen (secondary N) is 1. The molecule has 1 aliphatic rings. The Morgan fingerprint density at radius 2 is 2.00 bits per heavy atom. The zero-order valence-electron chi connectivity index (χ0n) is 9.28. The molecule has 0 saturated carbocycles. The van der Waals surface area contributed by atoms with E-state index in [4.69, 9.17) is 4.74 Å². The van der Waals surface area contributed by atoms with Crippen molar-refractivity contribution in [1.29, 1.82) is 0 Å². The number of benzene rings is 1. The third-order valence-corrected chi connectivity index (χ3v) is 2.86. The summed E-state index contributed by atoms with van der Waals surface area (Å²) in [5.74, 6) is 0.810. The molecular formula is C12H17ClFNO. The van der Waals surface area contributed by atoms with E-state index in [9.17, 15) is 4.39 Å². The molecule has 1 aliphatic heterocycles. The highest BCUT2D eigenvalue weighted by Gasteiger charge is 2.25. The summed E-state index contributed by atoms with van der Waals surface area (Å²) >= 11 is 0. The van der Waals surface area contributed by atoms with Crippen molar-refractivity contribution in [2.75, 3.05) is 13.7 Å². The smallest absolute Gasteiger partial charge is 0.120 e. The number of alkyl halides is 1. The monoisotopic (exact) mass is 245 g/mol. The maximum atomic E-state index is 13.6. The number of rotatable bonds is 2. The van der Waals surface area contributed by atoms with Gasteiger partial charge in [0, 0.05) is 0 Å². The van der Waals surface area contributed by atoms with Crippen LogP contribution in [0.15, 0.2) is 24.3 Å². The first-order valence-corrected chi connectivity index (χ1v) is 5.32. The Morgan fingerprint density at radius 3 is 2.56 bits per heavy atom. The second-order valence-corrected chi connectivity index (χ2v) is 3.86. The standard InChI is InChI=1S/C12H16FNO.ClH/c1-15-10-6-4-9(5-7-10)12-11(13)3-2-8-14-12;/h4-7,11-12,14H,2-3,8H2,1H3;1H. The Balaban J connectivity index is 0.00000128. The van der Waals surface area contributed by atoms with Crippen molar-refractivity contribution in [2.45, 2.75) is 25.1 Å². The van der Waals surface area contributed by atoms with Gasteiger partial charge in [0.25, 0.3) is 0 Å². The molecule has 1 saturated heterocycles. The fraction of sp³-hybridized carbons (Fsp3) is 0.500. The van der Waals surface area contributed by atoms with E-state index in [0.29, 0.717) is 6.42 Å². The molecule has 2 nitrogen and oxygen atoms in total. The van der Waals surface area contributed by atoms with Crippen molar-refractivity contribution in [1.82, 2.24) is 5.32 Å². The van der Waals surface area contributed by atoms with Crippen LogP contribution in [-0.4, -0.2) is 19.8 Å². The average Bonchev–Trinajstić information content (AvgIpc) is 2.30. The number of methoxy groups -OCH3 is 1. The summed E-state index contributed by atoms with van der Waals surface area (Å²) < 4.78 is 18.7. The van der Waals surface area contributed by atoms with Crippen molar-refractivity contribution >= 4 is 12.4 Å². The lowest BCUT2D eigenvalue weighted by Gasteiger charge is -2.27. The molecule has 2 atom stereocenters. The molecule has 0 aromatic heterocycles. The molecule has 2 unspecified atom stereocenters. The summed E-state index contributed by atoms with van der Waals surface area (Å²) in [5.41, 5.74) is 1.00. The van der Waals surface area contributed by atoms with Crippen LogP contribution in [0.4, 0.5) is 4.39 Å². The first-order valence-electron chi connectivity index (χ1n) is 5.32. The molecule has 0 spiro atoms. The van der Waals surface area contributed by atoms with E-state index in [2.05, 4.69) is 5.32 Å². The van der Waals surface area contributed by atoms with Crippen LogP contribution < -0.4 is 10.1 Å². The predicted molar refractivity (Wildman–Crippen MR) is 65.1 cm³/mol. The SMILES string of the molecule is COc1ccc(C2NCCCC2F)cc1.Cl. The van der Waals surface area contributed by atoms with Crippen LogP contribution in [0.5, 0.6) is 5.75 Å². The van der Waals surface area contributed by atoms with E-state index in [1.165, 1.54) is 0 Å². The number of hydrogen-bond acceptors (Lipinski definition) is 2. The van der Waals surface area contributed by atoms with Crippen LogP contribution in [0.2, 0.25) is 0 Å². The molecule has 4 heteroatoms. The third kappa shape index (κ3) is 2.86. The van der Waals surface area contributed by atoms with Crippen molar-refractivity contribution in [3.63, 3.8) is 0 Å². The molecule has 16 heavy (non-hydrogen) atoms. The fourth-order valence-electron chi connectivity index (χ4n) is 1.99. The molecule has 0 amide bonds. The third-order valence-electron chi connectivity index (χ3n) is 2.86. The highest BCUT2D eigenvalue weighted by Crippen LogP contribution is 2.27.